The van der Waals surface area contributed by atoms with Crippen molar-refractivity contribution in [1.29, 1.82) is 0 Å². The summed E-state index contributed by atoms with van der Waals surface area (Å²) < 4.78 is 77.9. The molecule has 0 saturated carbocycles. The summed E-state index contributed by atoms with van der Waals surface area (Å²) in [4.78, 5) is 12.4. The molecule has 3 aliphatic rings. The average molecular weight is 670 g/mol. The van der Waals surface area contributed by atoms with Crippen LogP contribution in [0.1, 0.15) is 19.3 Å². The molecule has 3 fully saturated rings. The molecule has 3 saturated heterocycles. The molecule has 14 heteroatoms. The second-order valence-electron chi connectivity index (χ2n) is 12.5. The first-order valence-corrected chi connectivity index (χ1v) is 17.5. The van der Waals surface area contributed by atoms with Crippen LogP contribution in [0.5, 0.6) is 11.5 Å². The van der Waals surface area contributed by atoms with Crippen LogP contribution < -0.4 is 19.7 Å². The first-order chi connectivity index (χ1) is 22.7. The summed E-state index contributed by atoms with van der Waals surface area (Å²) in [6.45, 7) is 7.13. The van der Waals surface area contributed by atoms with Gasteiger partial charge in [0.15, 0.2) is 17.4 Å². The number of nitrogens with one attached hydrogen (secondary N) is 3. The van der Waals surface area contributed by atoms with E-state index in [1.54, 1.807) is 6.20 Å². The molecule has 2 aromatic heterocycles. The topological polar surface area (TPSA) is 106 Å². The van der Waals surface area contributed by atoms with Gasteiger partial charge >= 0.3 is 10.2 Å². The highest BCUT2D eigenvalue weighted by Crippen LogP contribution is 2.37. The van der Waals surface area contributed by atoms with Crippen LogP contribution in [0.4, 0.5) is 24.5 Å². The summed E-state index contributed by atoms with van der Waals surface area (Å²) in [6.07, 6.45) is 4.43. The Morgan fingerprint density at radius 2 is 1.72 bits per heavy atom. The van der Waals surface area contributed by atoms with E-state index in [9.17, 15) is 17.2 Å². The average Bonchev–Trinajstić information content (AvgIpc) is 3.71. The van der Waals surface area contributed by atoms with E-state index in [-0.39, 0.29) is 25.3 Å². The second kappa shape index (κ2) is 13.3. The SMILES string of the molecule is O=S(=O)(Nc1ccc(F)c(Oc2c[nH]c3ncc(-c4ccc(N5CCN(CC6CCNCC6)CC5)cc4)cc23)c1F)N1CC[C@@H](F)C1. The molecule has 0 spiro atoms. The number of halogens is 3. The van der Waals surface area contributed by atoms with E-state index in [0.717, 1.165) is 78.4 Å². The molecule has 4 aromatic rings. The van der Waals surface area contributed by atoms with E-state index in [4.69, 9.17) is 4.74 Å². The molecule has 250 valence electrons. The number of fused-ring (bicyclic) bond motifs is 1. The molecule has 3 N–H and O–H groups in total. The molecule has 0 unspecified atom stereocenters. The molecule has 7 rings (SSSR count). The molecule has 1 atom stereocenters. The lowest BCUT2D eigenvalue weighted by Gasteiger charge is -2.38. The van der Waals surface area contributed by atoms with Crippen LogP contribution in [-0.2, 0) is 10.2 Å². The number of anilines is 2. The van der Waals surface area contributed by atoms with Crippen LogP contribution in [0.15, 0.2) is 54.9 Å². The van der Waals surface area contributed by atoms with Gasteiger partial charge in [-0.25, -0.2) is 18.2 Å². The normalized spacial score (nSPS) is 20.2. The molecule has 3 aliphatic heterocycles. The number of H-pyrrole nitrogens is 1. The lowest BCUT2D eigenvalue weighted by Crippen LogP contribution is -2.48. The fourth-order valence-corrected chi connectivity index (χ4v) is 7.90. The van der Waals surface area contributed by atoms with E-state index in [1.807, 2.05) is 18.2 Å². The van der Waals surface area contributed by atoms with Crippen LogP contribution in [0, 0.1) is 17.6 Å². The van der Waals surface area contributed by atoms with Crippen LogP contribution in [0.2, 0.25) is 0 Å². The molecule has 10 nitrogen and oxygen atoms in total. The minimum absolute atomic E-state index is 0.0359. The van der Waals surface area contributed by atoms with Gasteiger partial charge in [0.05, 0.1) is 11.1 Å². The number of piperidine rings is 1. The molecule has 0 radical (unpaired) electrons. The summed E-state index contributed by atoms with van der Waals surface area (Å²) in [7, 11) is -4.25. The molecule has 0 bridgehead atoms. The van der Waals surface area contributed by atoms with Crippen molar-refractivity contribution >= 4 is 32.6 Å². The van der Waals surface area contributed by atoms with Crippen molar-refractivity contribution in [1.82, 2.24) is 24.5 Å². The zero-order chi connectivity index (χ0) is 32.5. The first-order valence-electron chi connectivity index (χ1n) is 16.1. The van der Waals surface area contributed by atoms with Gasteiger partial charge in [0.2, 0.25) is 5.75 Å². The Morgan fingerprint density at radius 1 is 0.957 bits per heavy atom. The zero-order valence-electron chi connectivity index (χ0n) is 25.9. The number of alkyl halides is 1. The maximum atomic E-state index is 15.5. The van der Waals surface area contributed by atoms with E-state index in [1.165, 1.54) is 25.6 Å². The van der Waals surface area contributed by atoms with Gasteiger partial charge in [-0.3, -0.25) is 9.62 Å². The summed E-state index contributed by atoms with van der Waals surface area (Å²) in [5, 5.41) is 3.94. The van der Waals surface area contributed by atoms with Gasteiger partial charge in [0.25, 0.3) is 0 Å². The van der Waals surface area contributed by atoms with Gasteiger partial charge < -0.3 is 19.9 Å². The number of hydrogen-bond donors (Lipinski definition) is 3. The van der Waals surface area contributed by atoms with Crippen molar-refractivity contribution in [2.45, 2.75) is 25.4 Å². The Bertz CT molecular complexity index is 1830. The summed E-state index contributed by atoms with van der Waals surface area (Å²) in [5.74, 6) is -2.12. The van der Waals surface area contributed by atoms with E-state index in [2.05, 4.69) is 41.9 Å². The standard InChI is InChI=1S/C33H38F3N7O3S/c34-25-9-12-43(21-25)47(44,45)40-29-6-5-28(35)32(31(29)36)46-30-19-39-33-27(30)17-24(18-38-33)23-1-3-26(4-2-23)42-15-13-41(14-16-42)20-22-7-10-37-11-8-22/h1-6,17-19,22,25,37,40H,7-16,20-21H2,(H,38,39)/t25-/m1/s1. The summed E-state index contributed by atoms with van der Waals surface area (Å²) in [5.41, 5.74) is 2.82. The molecule has 47 heavy (non-hydrogen) atoms. The van der Waals surface area contributed by atoms with Gasteiger partial charge in [0.1, 0.15) is 11.8 Å². The number of nitrogens with zero attached hydrogens (tertiary/aromatic N) is 4. The number of aromatic amines is 1. The van der Waals surface area contributed by atoms with Crippen LogP contribution in [-0.4, -0.2) is 92.7 Å². The smallest absolute Gasteiger partial charge is 0.301 e. The lowest BCUT2D eigenvalue weighted by atomic mass is 9.97. The molecule has 0 aliphatic carbocycles. The number of ether oxygens (including phenoxy) is 1. The van der Waals surface area contributed by atoms with Crippen molar-refractivity contribution in [3.05, 3.63) is 66.5 Å². The van der Waals surface area contributed by atoms with E-state index >= 15 is 4.39 Å². The van der Waals surface area contributed by atoms with Gasteiger partial charge in [-0.05, 0) is 74.2 Å². The number of benzene rings is 2. The number of piperazine rings is 1. The number of hydrogen-bond acceptors (Lipinski definition) is 7. The first kappa shape index (κ1) is 31.7. The zero-order valence-corrected chi connectivity index (χ0v) is 26.7. The highest BCUT2D eigenvalue weighted by atomic mass is 32.2. The Kier molecular flexibility index (Phi) is 9.01. The largest absolute Gasteiger partial charge is 0.449 e. The van der Waals surface area contributed by atoms with Crippen LogP contribution in [0.3, 0.4) is 0 Å². The molecule has 5 heterocycles. The third kappa shape index (κ3) is 6.91. The van der Waals surface area contributed by atoms with E-state index in [0.29, 0.717) is 11.0 Å². The molecular weight excluding hydrogens is 631 g/mol. The third-order valence-electron chi connectivity index (χ3n) is 9.34. The number of aromatic nitrogens is 2. The van der Waals surface area contributed by atoms with Gasteiger partial charge in [-0.15, -0.1) is 0 Å². The molecular formula is C33H38F3N7O3S. The Balaban J connectivity index is 1.04. The van der Waals surface area contributed by atoms with Crippen LogP contribution >= 0.6 is 0 Å². The predicted molar refractivity (Wildman–Crippen MR) is 176 cm³/mol. The predicted octanol–water partition coefficient (Wildman–Crippen LogP) is 5.12. The molecule has 0 amide bonds. The maximum absolute atomic E-state index is 15.5. The maximum Gasteiger partial charge on any atom is 0.301 e. The minimum Gasteiger partial charge on any atom is -0.449 e. The summed E-state index contributed by atoms with van der Waals surface area (Å²) >= 11 is 0. The summed E-state index contributed by atoms with van der Waals surface area (Å²) in [6, 6.07) is 12.0. The number of pyridine rings is 1. The Morgan fingerprint density at radius 3 is 2.45 bits per heavy atom. The fraction of sp³-hybridized carbons (Fsp3) is 0.424. The highest BCUT2D eigenvalue weighted by Gasteiger charge is 2.32. The quantitative estimate of drug-likeness (QED) is 0.227. The lowest BCUT2D eigenvalue weighted by molar-refractivity contribution is 0.196. The second-order valence-corrected chi connectivity index (χ2v) is 14.2. The van der Waals surface area contributed by atoms with Crippen molar-refractivity contribution in [3.8, 4) is 22.6 Å². The van der Waals surface area contributed by atoms with Gasteiger partial charge in [-0.2, -0.15) is 12.7 Å². The van der Waals surface area contributed by atoms with Crippen molar-refractivity contribution < 1.29 is 26.3 Å². The van der Waals surface area contributed by atoms with Crippen molar-refractivity contribution in [3.63, 3.8) is 0 Å². The molecule has 2 aromatic carbocycles. The number of rotatable bonds is 9. The minimum atomic E-state index is -4.25. The Hall–Kier alpha value is -3.85. The van der Waals surface area contributed by atoms with E-state index < -0.39 is 39.5 Å². The van der Waals surface area contributed by atoms with Crippen molar-refractivity contribution in [2.24, 2.45) is 5.92 Å². The Labute approximate surface area is 272 Å². The van der Waals surface area contributed by atoms with Gasteiger partial charge in [0, 0.05) is 69.5 Å². The van der Waals surface area contributed by atoms with Crippen LogP contribution in [0.25, 0.3) is 22.2 Å². The fourth-order valence-electron chi connectivity index (χ4n) is 6.63. The third-order valence-corrected chi connectivity index (χ3v) is 10.8. The monoisotopic (exact) mass is 669 g/mol. The highest BCUT2D eigenvalue weighted by molar-refractivity contribution is 7.90. The van der Waals surface area contributed by atoms with Crippen molar-refractivity contribution in [2.75, 3.05) is 68.5 Å². The van der Waals surface area contributed by atoms with Gasteiger partial charge in [-0.1, -0.05) is 12.1 Å².